The van der Waals surface area contributed by atoms with E-state index in [1.165, 1.54) is 6.42 Å². The molecule has 0 atom stereocenters. The predicted molar refractivity (Wildman–Crippen MR) is 98.5 cm³/mol. The summed E-state index contributed by atoms with van der Waals surface area (Å²) in [5.41, 5.74) is 2.81. The minimum Gasteiger partial charge on any atom is -0.358 e. The van der Waals surface area contributed by atoms with E-state index in [0.29, 0.717) is 5.56 Å². The Morgan fingerprint density at radius 1 is 1.13 bits per heavy atom. The van der Waals surface area contributed by atoms with Gasteiger partial charge in [0, 0.05) is 44.3 Å². The van der Waals surface area contributed by atoms with Crippen molar-refractivity contribution in [2.24, 2.45) is 0 Å². The van der Waals surface area contributed by atoms with Crippen LogP contribution < -0.4 is 0 Å². The summed E-state index contributed by atoms with van der Waals surface area (Å²) >= 11 is 0. The summed E-state index contributed by atoms with van der Waals surface area (Å²) in [6.07, 6.45) is 5.93. The first kappa shape index (κ1) is 27.1. The van der Waals surface area contributed by atoms with Crippen LogP contribution in [0.25, 0.3) is 10.9 Å². The second kappa shape index (κ2) is 17.6. The molecule has 1 heterocycles. The summed E-state index contributed by atoms with van der Waals surface area (Å²) in [7, 11) is 0. The molecule has 0 bridgehead atoms. The van der Waals surface area contributed by atoms with Gasteiger partial charge in [-0.05, 0) is 18.1 Å². The van der Waals surface area contributed by atoms with Crippen LogP contribution in [0, 0.1) is 25.7 Å². The average molecular weight is 387 g/mol. The molecule has 3 heteroatoms. The van der Waals surface area contributed by atoms with Crippen molar-refractivity contribution in [1.82, 2.24) is 4.98 Å². The maximum atomic E-state index is 9.01. The zero-order valence-electron chi connectivity index (χ0n) is 15.4. The summed E-state index contributed by atoms with van der Waals surface area (Å²) in [6, 6.07) is 10.2. The zero-order chi connectivity index (χ0) is 16.1. The molecule has 2 nitrogen and oxygen atoms in total. The first-order valence-corrected chi connectivity index (χ1v) is 7.84. The van der Waals surface area contributed by atoms with E-state index >= 15 is 0 Å². The molecule has 0 aliphatic heterocycles. The van der Waals surface area contributed by atoms with E-state index in [2.05, 4.69) is 31.8 Å². The SMILES string of the molecule is CC.CCCc1c(C#N)cnc2ccccc12.[CH2-]CCC.[CH3-].[Y]. The fourth-order valence-corrected chi connectivity index (χ4v) is 1.81. The number of fused-ring (bicyclic) bond motifs is 1. The monoisotopic (exact) mass is 387 g/mol. The molecule has 0 spiro atoms. The minimum atomic E-state index is 0. The van der Waals surface area contributed by atoms with Gasteiger partial charge in [0.1, 0.15) is 6.07 Å². The predicted octanol–water partition coefficient (Wildman–Crippen LogP) is 6.15. The van der Waals surface area contributed by atoms with Crippen molar-refractivity contribution < 1.29 is 32.7 Å². The topological polar surface area (TPSA) is 36.7 Å². The molecule has 2 aromatic rings. The van der Waals surface area contributed by atoms with Gasteiger partial charge in [0.05, 0.1) is 11.1 Å². The van der Waals surface area contributed by atoms with E-state index in [-0.39, 0.29) is 40.1 Å². The third-order valence-corrected chi connectivity index (χ3v) is 2.86. The molecule has 2 rings (SSSR count). The quantitative estimate of drug-likeness (QED) is 0.592. The van der Waals surface area contributed by atoms with Crippen molar-refractivity contribution in [2.75, 3.05) is 0 Å². The Labute approximate surface area is 168 Å². The van der Waals surface area contributed by atoms with Crippen LogP contribution in [0.4, 0.5) is 0 Å². The summed E-state index contributed by atoms with van der Waals surface area (Å²) in [5, 5.41) is 10.1. The van der Waals surface area contributed by atoms with Crippen LogP contribution in [0.15, 0.2) is 30.5 Å². The Kier molecular flexibility index (Phi) is 20.7. The molecule has 23 heavy (non-hydrogen) atoms. The van der Waals surface area contributed by atoms with Crippen LogP contribution >= 0.6 is 0 Å². The van der Waals surface area contributed by atoms with Gasteiger partial charge in [-0.25, -0.2) is 0 Å². The maximum Gasteiger partial charge on any atom is 0.101 e. The van der Waals surface area contributed by atoms with Crippen LogP contribution in [-0.4, -0.2) is 4.98 Å². The van der Waals surface area contributed by atoms with E-state index in [1.807, 2.05) is 38.1 Å². The smallest absolute Gasteiger partial charge is 0.101 e. The molecule has 0 aliphatic carbocycles. The number of hydrogen-bond acceptors (Lipinski definition) is 2. The number of unbranched alkanes of at least 4 members (excludes halogenated alkanes) is 1. The largest absolute Gasteiger partial charge is 0.358 e. The molecule has 1 aromatic carbocycles. The number of rotatable bonds is 3. The van der Waals surface area contributed by atoms with Crippen LogP contribution in [0.1, 0.15) is 58.1 Å². The van der Waals surface area contributed by atoms with Crippen LogP contribution in [-0.2, 0) is 39.1 Å². The van der Waals surface area contributed by atoms with Crippen molar-refractivity contribution in [3.8, 4) is 6.07 Å². The van der Waals surface area contributed by atoms with Crippen LogP contribution in [0.2, 0.25) is 0 Å². The van der Waals surface area contributed by atoms with Gasteiger partial charge in [-0.2, -0.15) is 11.7 Å². The number of benzene rings is 1. The summed E-state index contributed by atoms with van der Waals surface area (Å²) in [5.74, 6) is 0. The molecule has 0 saturated heterocycles. The van der Waals surface area contributed by atoms with Crippen molar-refractivity contribution in [1.29, 1.82) is 5.26 Å². The molecule has 0 amide bonds. The van der Waals surface area contributed by atoms with Gasteiger partial charge in [-0.3, -0.25) is 4.98 Å². The Morgan fingerprint density at radius 3 is 2.17 bits per heavy atom. The molecule has 0 aliphatic rings. The number of pyridine rings is 1. The minimum absolute atomic E-state index is 0. The first-order chi connectivity index (χ1) is 10.3. The van der Waals surface area contributed by atoms with E-state index in [0.717, 1.165) is 35.7 Å². The van der Waals surface area contributed by atoms with Gasteiger partial charge in [0.25, 0.3) is 0 Å². The van der Waals surface area contributed by atoms with Gasteiger partial charge < -0.3 is 14.4 Å². The van der Waals surface area contributed by atoms with Crippen LogP contribution in [0.5, 0.6) is 0 Å². The fraction of sp³-hybridized carbons (Fsp3) is 0.400. The molecular weight excluding hydrogens is 357 g/mol. The molecule has 0 unspecified atom stereocenters. The number of hydrogen-bond donors (Lipinski definition) is 0. The maximum absolute atomic E-state index is 9.01. The Hall–Kier alpha value is -0.776. The Morgan fingerprint density at radius 2 is 1.70 bits per heavy atom. The van der Waals surface area contributed by atoms with Crippen molar-refractivity contribution in [3.05, 3.63) is 55.9 Å². The van der Waals surface area contributed by atoms with Gasteiger partial charge in [0.15, 0.2) is 0 Å². The summed E-state index contributed by atoms with van der Waals surface area (Å²) in [4.78, 5) is 4.27. The van der Waals surface area contributed by atoms with E-state index in [9.17, 15) is 0 Å². The van der Waals surface area contributed by atoms with Crippen molar-refractivity contribution >= 4 is 10.9 Å². The first-order valence-electron chi connectivity index (χ1n) is 7.84. The third-order valence-electron chi connectivity index (χ3n) is 2.86. The number of para-hydroxylation sites is 1. The second-order valence-corrected chi connectivity index (χ2v) is 4.38. The van der Waals surface area contributed by atoms with Gasteiger partial charge >= 0.3 is 0 Å². The van der Waals surface area contributed by atoms with Crippen molar-refractivity contribution in [2.45, 2.75) is 53.4 Å². The zero-order valence-corrected chi connectivity index (χ0v) is 18.2. The molecule has 1 aromatic heterocycles. The molecule has 0 N–H and O–H groups in total. The Bertz CT molecular complexity index is 557. The van der Waals surface area contributed by atoms with Gasteiger partial charge in [-0.1, -0.05) is 58.7 Å². The molecule has 1 radical (unpaired) electrons. The van der Waals surface area contributed by atoms with Crippen LogP contribution in [0.3, 0.4) is 0 Å². The second-order valence-electron chi connectivity index (χ2n) is 4.38. The number of aromatic nitrogens is 1. The standard InChI is InChI=1S/C13H12N2.C4H9.C2H6.CH3.Y/c1-2-5-11-10(8-14)9-15-13-7-4-3-6-12(11)13;1-3-4-2;1-2;;/h3-4,6-7,9H,2,5H2,1H3;1,3-4H2,2H3;1-2H3;1H3;/q;-1;;-1;. The molecule has 0 saturated carbocycles. The summed E-state index contributed by atoms with van der Waals surface area (Å²) in [6.45, 7) is 11.8. The normalized spacial score (nSPS) is 8.17. The van der Waals surface area contributed by atoms with Gasteiger partial charge in [0.2, 0.25) is 0 Å². The molecule has 0 fully saturated rings. The Balaban J connectivity index is -0.000000441. The van der Waals surface area contributed by atoms with E-state index in [1.54, 1.807) is 6.20 Å². The molecule has 125 valence electrons. The molecular formula is C20H30N2Y-2. The average Bonchev–Trinajstić information content (AvgIpc) is 2.57. The number of nitrogens with zero attached hydrogens (tertiary/aromatic N) is 2. The summed E-state index contributed by atoms with van der Waals surface area (Å²) < 4.78 is 0. The third kappa shape index (κ3) is 9.18. The van der Waals surface area contributed by atoms with Crippen molar-refractivity contribution in [3.63, 3.8) is 0 Å². The van der Waals surface area contributed by atoms with Gasteiger partial charge in [-0.15, -0.1) is 0 Å². The van der Waals surface area contributed by atoms with E-state index in [4.69, 9.17) is 5.26 Å². The fourth-order valence-electron chi connectivity index (χ4n) is 1.81. The number of nitriles is 1. The number of aryl methyl sites for hydroxylation is 1. The van der Waals surface area contributed by atoms with E-state index < -0.39 is 0 Å².